The van der Waals surface area contributed by atoms with Crippen LogP contribution in [-0.2, 0) is 6.42 Å². The number of aryl methyl sites for hydroxylation is 1. The van der Waals surface area contributed by atoms with E-state index in [1.54, 1.807) is 26.5 Å². The maximum atomic E-state index is 12.3. The van der Waals surface area contributed by atoms with Crippen LogP contribution in [0.3, 0.4) is 0 Å². The number of hydrogen-bond acceptors (Lipinski definition) is 5. The number of nitrogens with one attached hydrogen (secondary N) is 2. The van der Waals surface area contributed by atoms with Gasteiger partial charge in [-0.05, 0) is 55.3 Å². The zero-order chi connectivity index (χ0) is 20.6. The summed E-state index contributed by atoms with van der Waals surface area (Å²) in [5.41, 5.74) is 4.26. The van der Waals surface area contributed by atoms with Crippen LogP contribution in [0.15, 0.2) is 60.8 Å². The molecule has 0 atom stereocenters. The quantitative estimate of drug-likeness (QED) is 0.598. The minimum atomic E-state index is -0.231. The fourth-order valence-corrected chi connectivity index (χ4v) is 2.85. The lowest BCUT2D eigenvalue weighted by Gasteiger charge is -2.11. The van der Waals surface area contributed by atoms with Crippen LogP contribution in [0.1, 0.15) is 21.6 Å². The topological polar surface area (TPSA) is 72.5 Å². The summed E-state index contributed by atoms with van der Waals surface area (Å²) in [6, 6.07) is 17.1. The van der Waals surface area contributed by atoms with E-state index in [1.807, 2.05) is 55.5 Å². The number of hydrogen-bond donors (Lipinski definition) is 2. The lowest BCUT2D eigenvalue weighted by atomic mass is 10.1. The first-order valence-electron chi connectivity index (χ1n) is 9.38. The third-order valence-corrected chi connectivity index (χ3v) is 4.50. The molecule has 0 unspecified atom stereocenters. The molecule has 0 saturated carbocycles. The van der Waals surface area contributed by atoms with Gasteiger partial charge in [-0.3, -0.25) is 4.79 Å². The second-order valence-corrected chi connectivity index (χ2v) is 6.62. The summed E-state index contributed by atoms with van der Waals surface area (Å²) < 4.78 is 10.6. The number of ether oxygens (including phenoxy) is 2. The highest BCUT2D eigenvalue weighted by atomic mass is 16.5. The zero-order valence-electron chi connectivity index (χ0n) is 16.9. The van der Waals surface area contributed by atoms with Gasteiger partial charge in [-0.1, -0.05) is 23.8 Å². The summed E-state index contributed by atoms with van der Waals surface area (Å²) >= 11 is 0. The standard InChI is InChI=1S/C23H25N3O3/c1-16-4-7-18(8-5-16)26-23(27)20-10-9-19(15-25-20)24-13-12-17-6-11-21(28-2)22(14-17)29-3/h4-11,14-15,24H,12-13H2,1-3H3,(H,26,27). The van der Waals surface area contributed by atoms with Gasteiger partial charge in [0, 0.05) is 12.2 Å². The Morgan fingerprint density at radius 1 is 0.931 bits per heavy atom. The number of pyridine rings is 1. The molecule has 3 aromatic rings. The minimum Gasteiger partial charge on any atom is -0.493 e. The van der Waals surface area contributed by atoms with E-state index in [9.17, 15) is 4.79 Å². The summed E-state index contributed by atoms with van der Waals surface area (Å²) in [4.78, 5) is 16.6. The van der Waals surface area contributed by atoms with Gasteiger partial charge in [0.25, 0.3) is 5.91 Å². The van der Waals surface area contributed by atoms with E-state index in [4.69, 9.17) is 9.47 Å². The van der Waals surface area contributed by atoms with E-state index in [1.165, 1.54) is 0 Å². The summed E-state index contributed by atoms with van der Waals surface area (Å²) in [5, 5.41) is 6.16. The third kappa shape index (κ3) is 5.48. The number of rotatable bonds is 8. The SMILES string of the molecule is COc1ccc(CCNc2ccc(C(=O)Nc3ccc(C)cc3)nc2)cc1OC. The van der Waals surface area contributed by atoms with Crippen LogP contribution in [0.25, 0.3) is 0 Å². The first-order chi connectivity index (χ1) is 14.1. The van der Waals surface area contributed by atoms with Crippen molar-refractivity contribution in [1.82, 2.24) is 4.98 Å². The van der Waals surface area contributed by atoms with Crippen LogP contribution in [0.2, 0.25) is 0 Å². The van der Waals surface area contributed by atoms with Crippen LogP contribution in [-0.4, -0.2) is 31.7 Å². The van der Waals surface area contributed by atoms with Crippen LogP contribution >= 0.6 is 0 Å². The maximum absolute atomic E-state index is 12.3. The predicted molar refractivity (Wildman–Crippen MR) is 115 cm³/mol. The summed E-state index contributed by atoms with van der Waals surface area (Å²) in [7, 11) is 3.25. The Balaban J connectivity index is 1.52. The Labute approximate surface area is 170 Å². The largest absolute Gasteiger partial charge is 0.493 e. The molecule has 1 amide bonds. The third-order valence-electron chi connectivity index (χ3n) is 4.50. The Kier molecular flexibility index (Phi) is 6.68. The van der Waals surface area contributed by atoms with Gasteiger partial charge < -0.3 is 20.1 Å². The van der Waals surface area contributed by atoms with Crippen molar-refractivity contribution in [2.24, 2.45) is 0 Å². The molecule has 6 nitrogen and oxygen atoms in total. The Hall–Kier alpha value is -3.54. The van der Waals surface area contributed by atoms with E-state index < -0.39 is 0 Å². The van der Waals surface area contributed by atoms with Gasteiger partial charge >= 0.3 is 0 Å². The Morgan fingerprint density at radius 3 is 2.31 bits per heavy atom. The van der Waals surface area contributed by atoms with Crippen LogP contribution in [0.5, 0.6) is 11.5 Å². The molecule has 0 bridgehead atoms. The monoisotopic (exact) mass is 391 g/mol. The van der Waals surface area contributed by atoms with E-state index in [0.717, 1.165) is 41.2 Å². The van der Waals surface area contributed by atoms with Crippen molar-refractivity contribution in [2.75, 3.05) is 31.4 Å². The highest BCUT2D eigenvalue weighted by Gasteiger charge is 2.08. The molecule has 150 valence electrons. The summed E-state index contributed by atoms with van der Waals surface area (Å²) in [6.07, 6.45) is 2.48. The van der Waals surface area contributed by atoms with E-state index in [0.29, 0.717) is 11.4 Å². The van der Waals surface area contributed by atoms with Gasteiger partial charge in [0.2, 0.25) is 0 Å². The predicted octanol–water partition coefficient (Wildman–Crippen LogP) is 4.31. The van der Waals surface area contributed by atoms with Gasteiger partial charge in [0.05, 0.1) is 26.1 Å². The number of benzene rings is 2. The molecule has 3 rings (SSSR count). The highest BCUT2D eigenvalue weighted by molar-refractivity contribution is 6.02. The lowest BCUT2D eigenvalue weighted by Crippen LogP contribution is -2.14. The molecule has 1 heterocycles. The molecule has 1 aromatic heterocycles. The van der Waals surface area contributed by atoms with Crippen LogP contribution in [0.4, 0.5) is 11.4 Å². The maximum Gasteiger partial charge on any atom is 0.274 e. The molecule has 0 radical (unpaired) electrons. The zero-order valence-corrected chi connectivity index (χ0v) is 16.9. The summed E-state index contributed by atoms with van der Waals surface area (Å²) in [6.45, 7) is 2.73. The number of methoxy groups -OCH3 is 2. The number of carbonyl (C=O) groups excluding carboxylic acids is 1. The van der Waals surface area contributed by atoms with Gasteiger partial charge in [-0.2, -0.15) is 0 Å². The second kappa shape index (κ2) is 9.59. The van der Waals surface area contributed by atoms with Gasteiger partial charge in [0.15, 0.2) is 11.5 Å². The molecule has 0 aliphatic heterocycles. The Bertz CT molecular complexity index is 954. The van der Waals surface area contributed by atoms with E-state index in [-0.39, 0.29) is 5.91 Å². The first-order valence-corrected chi connectivity index (χ1v) is 9.38. The summed E-state index contributed by atoms with van der Waals surface area (Å²) in [5.74, 6) is 1.20. The minimum absolute atomic E-state index is 0.231. The molecule has 2 aromatic carbocycles. The van der Waals surface area contributed by atoms with Crippen LogP contribution < -0.4 is 20.1 Å². The van der Waals surface area contributed by atoms with Gasteiger partial charge in [0.1, 0.15) is 5.69 Å². The van der Waals surface area contributed by atoms with Crippen molar-refractivity contribution >= 4 is 17.3 Å². The molecule has 0 saturated heterocycles. The van der Waals surface area contributed by atoms with Gasteiger partial charge in [-0.25, -0.2) is 4.98 Å². The molecule has 0 fully saturated rings. The molecule has 0 aliphatic rings. The van der Waals surface area contributed by atoms with Gasteiger partial charge in [-0.15, -0.1) is 0 Å². The molecule has 29 heavy (non-hydrogen) atoms. The van der Waals surface area contributed by atoms with E-state index in [2.05, 4.69) is 15.6 Å². The number of nitrogens with zero attached hydrogens (tertiary/aromatic N) is 1. The fourth-order valence-electron chi connectivity index (χ4n) is 2.85. The number of carbonyl (C=O) groups is 1. The molecular weight excluding hydrogens is 366 g/mol. The first kappa shape index (κ1) is 20.2. The molecular formula is C23H25N3O3. The fraction of sp³-hybridized carbons (Fsp3) is 0.217. The second-order valence-electron chi connectivity index (χ2n) is 6.62. The highest BCUT2D eigenvalue weighted by Crippen LogP contribution is 2.27. The number of amides is 1. The van der Waals surface area contributed by atoms with Crippen LogP contribution in [0, 0.1) is 6.92 Å². The van der Waals surface area contributed by atoms with Crippen molar-refractivity contribution in [1.29, 1.82) is 0 Å². The average Bonchev–Trinajstić information content (AvgIpc) is 2.75. The normalized spacial score (nSPS) is 10.3. The Morgan fingerprint density at radius 2 is 1.66 bits per heavy atom. The molecule has 0 aliphatic carbocycles. The number of aromatic nitrogens is 1. The molecule has 2 N–H and O–H groups in total. The molecule has 0 spiro atoms. The van der Waals surface area contributed by atoms with E-state index >= 15 is 0 Å². The lowest BCUT2D eigenvalue weighted by molar-refractivity contribution is 0.102. The van der Waals surface area contributed by atoms with Crippen molar-refractivity contribution < 1.29 is 14.3 Å². The number of anilines is 2. The van der Waals surface area contributed by atoms with Crippen molar-refractivity contribution in [3.63, 3.8) is 0 Å². The van der Waals surface area contributed by atoms with Crippen molar-refractivity contribution in [3.05, 3.63) is 77.6 Å². The van der Waals surface area contributed by atoms with Crippen molar-refractivity contribution in [2.45, 2.75) is 13.3 Å². The van der Waals surface area contributed by atoms with Crippen molar-refractivity contribution in [3.8, 4) is 11.5 Å². The smallest absolute Gasteiger partial charge is 0.274 e. The average molecular weight is 391 g/mol. The molecule has 6 heteroatoms.